The number of nitrogens with zero attached hydrogens (tertiary/aromatic N) is 3. The van der Waals surface area contributed by atoms with Gasteiger partial charge in [-0.1, -0.05) is 24.3 Å². The molecule has 1 aliphatic rings. The number of carbonyl (C=O) groups is 1. The van der Waals surface area contributed by atoms with Crippen molar-refractivity contribution in [3.05, 3.63) is 59.7 Å². The van der Waals surface area contributed by atoms with Crippen molar-refractivity contribution in [3.63, 3.8) is 0 Å². The van der Waals surface area contributed by atoms with Crippen molar-refractivity contribution < 1.29 is 4.79 Å². The van der Waals surface area contributed by atoms with Crippen molar-refractivity contribution in [1.29, 1.82) is 5.26 Å². The van der Waals surface area contributed by atoms with E-state index in [4.69, 9.17) is 5.26 Å². The van der Waals surface area contributed by atoms with Gasteiger partial charge < -0.3 is 9.80 Å². The Morgan fingerprint density at radius 1 is 1.15 bits per heavy atom. The third-order valence-corrected chi connectivity index (χ3v) is 5.12. The zero-order valence-corrected chi connectivity index (χ0v) is 15.5. The fourth-order valence-corrected chi connectivity index (χ4v) is 3.57. The van der Waals surface area contributed by atoms with Crippen LogP contribution in [0.15, 0.2) is 48.5 Å². The summed E-state index contributed by atoms with van der Waals surface area (Å²) in [5, 5.41) is 8.89. The third kappa shape index (κ3) is 4.12. The molecule has 1 fully saturated rings. The Morgan fingerprint density at radius 2 is 1.77 bits per heavy atom. The van der Waals surface area contributed by atoms with Gasteiger partial charge in [0.1, 0.15) is 0 Å². The molecule has 2 aromatic rings. The maximum Gasteiger partial charge on any atom is 0.253 e. The fourth-order valence-electron chi connectivity index (χ4n) is 3.57. The largest absolute Gasteiger partial charge is 0.339 e. The van der Waals surface area contributed by atoms with Crippen molar-refractivity contribution in [1.82, 2.24) is 9.80 Å². The molecule has 0 spiro atoms. The van der Waals surface area contributed by atoms with Gasteiger partial charge in [0.2, 0.25) is 0 Å². The number of amides is 1. The fraction of sp³-hybridized carbons (Fsp3) is 0.364. The number of nitriles is 1. The maximum absolute atomic E-state index is 12.9. The molecule has 1 heterocycles. The molecule has 0 radical (unpaired) electrons. The molecule has 1 amide bonds. The zero-order chi connectivity index (χ0) is 18.5. The average Bonchev–Trinajstić information content (AvgIpc) is 3.10. The van der Waals surface area contributed by atoms with Crippen molar-refractivity contribution in [3.8, 4) is 17.2 Å². The molecule has 4 nitrogen and oxygen atoms in total. The number of likely N-dealkylation sites (tertiary alicyclic amines) is 1. The first-order valence-corrected chi connectivity index (χ1v) is 9.19. The van der Waals surface area contributed by atoms with E-state index in [-0.39, 0.29) is 5.91 Å². The van der Waals surface area contributed by atoms with Crippen LogP contribution >= 0.6 is 0 Å². The van der Waals surface area contributed by atoms with Gasteiger partial charge in [-0.25, -0.2) is 0 Å². The van der Waals surface area contributed by atoms with Crippen LogP contribution in [-0.2, 0) is 0 Å². The first-order chi connectivity index (χ1) is 12.6. The highest BCUT2D eigenvalue weighted by Crippen LogP contribution is 2.22. The summed E-state index contributed by atoms with van der Waals surface area (Å²) in [7, 11) is 2.14. The Morgan fingerprint density at radius 3 is 2.27 bits per heavy atom. The molecule has 3 rings (SSSR count). The molecule has 0 saturated carbocycles. The minimum atomic E-state index is 0.105. The highest BCUT2D eigenvalue weighted by molar-refractivity contribution is 5.94. The summed E-state index contributed by atoms with van der Waals surface area (Å²) in [5.41, 5.74) is 3.48. The summed E-state index contributed by atoms with van der Waals surface area (Å²) in [5.74, 6) is 0.676. The van der Waals surface area contributed by atoms with Gasteiger partial charge in [0.05, 0.1) is 11.6 Å². The van der Waals surface area contributed by atoms with Crippen LogP contribution in [0.2, 0.25) is 0 Å². The molecule has 4 heteroatoms. The second-order valence-electron chi connectivity index (χ2n) is 7.03. The molecule has 134 valence electrons. The zero-order valence-electron chi connectivity index (χ0n) is 15.5. The van der Waals surface area contributed by atoms with E-state index >= 15 is 0 Å². The first-order valence-electron chi connectivity index (χ1n) is 9.19. The molecule has 2 aromatic carbocycles. The monoisotopic (exact) mass is 347 g/mol. The smallest absolute Gasteiger partial charge is 0.253 e. The van der Waals surface area contributed by atoms with E-state index in [1.165, 1.54) is 0 Å². The van der Waals surface area contributed by atoms with Gasteiger partial charge in [0.25, 0.3) is 5.91 Å². The van der Waals surface area contributed by atoms with Gasteiger partial charge in [-0.15, -0.1) is 0 Å². The predicted molar refractivity (Wildman–Crippen MR) is 104 cm³/mol. The normalized spacial score (nSPS) is 17.0. The highest BCUT2D eigenvalue weighted by atomic mass is 16.2. The van der Waals surface area contributed by atoms with Crippen LogP contribution in [-0.4, -0.2) is 48.9 Å². The lowest BCUT2D eigenvalue weighted by molar-refractivity contribution is 0.0740. The van der Waals surface area contributed by atoms with Crippen LogP contribution in [0.4, 0.5) is 0 Å². The number of rotatable bonds is 5. The van der Waals surface area contributed by atoms with Crippen molar-refractivity contribution in [2.24, 2.45) is 5.92 Å². The molecule has 1 saturated heterocycles. The topological polar surface area (TPSA) is 47.3 Å². The number of hydrogen-bond donors (Lipinski definition) is 0. The first kappa shape index (κ1) is 18.2. The standard InChI is InChI=1S/C22H25N3O/c1-3-25(16-18-12-13-24(2)15-18)22(26)21-10-8-20(9-11-21)19-6-4-17(14-23)5-7-19/h4-11,18H,3,12-13,15-16H2,1-2H3/t18-/m1/s1. The summed E-state index contributed by atoms with van der Waals surface area (Å²) >= 11 is 0. The van der Waals surface area contributed by atoms with Gasteiger partial charge in [-0.05, 0) is 68.2 Å². The highest BCUT2D eigenvalue weighted by Gasteiger charge is 2.24. The van der Waals surface area contributed by atoms with E-state index in [1.807, 2.05) is 60.4 Å². The van der Waals surface area contributed by atoms with E-state index in [9.17, 15) is 4.79 Å². The van der Waals surface area contributed by atoms with Gasteiger partial charge >= 0.3 is 0 Å². The summed E-state index contributed by atoms with van der Waals surface area (Å²) < 4.78 is 0. The number of hydrogen-bond acceptors (Lipinski definition) is 3. The van der Waals surface area contributed by atoms with Crippen molar-refractivity contribution in [2.75, 3.05) is 33.2 Å². The predicted octanol–water partition coefficient (Wildman–Crippen LogP) is 3.64. The van der Waals surface area contributed by atoms with Crippen LogP contribution in [0.25, 0.3) is 11.1 Å². The summed E-state index contributed by atoms with van der Waals surface area (Å²) in [6.45, 7) is 5.80. The quantitative estimate of drug-likeness (QED) is 0.830. The Balaban J connectivity index is 1.69. The molecule has 0 bridgehead atoms. The van der Waals surface area contributed by atoms with Crippen LogP contribution in [0.5, 0.6) is 0 Å². The van der Waals surface area contributed by atoms with Crippen LogP contribution in [0, 0.1) is 17.2 Å². The summed E-state index contributed by atoms with van der Waals surface area (Å²) in [4.78, 5) is 17.1. The van der Waals surface area contributed by atoms with Crippen LogP contribution < -0.4 is 0 Å². The average molecular weight is 347 g/mol. The second-order valence-corrected chi connectivity index (χ2v) is 7.03. The molecular formula is C22H25N3O. The van der Waals surface area contributed by atoms with Crippen LogP contribution in [0.1, 0.15) is 29.3 Å². The van der Waals surface area contributed by atoms with E-state index in [2.05, 4.69) is 18.0 Å². The van der Waals surface area contributed by atoms with Gasteiger partial charge in [-0.3, -0.25) is 4.79 Å². The minimum Gasteiger partial charge on any atom is -0.339 e. The second kappa shape index (κ2) is 8.16. The van der Waals surface area contributed by atoms with E-state index in [0.717, 1.165) is 49.3 Å². The SMILES string of the molecule is CCN(C[C@@H]1CCN(C)C1)C(=O)c1ccc(-c2ccc(C#N)cc2)cc1. The van der Waals surface area contributed by atoms with Gasteiger partial charge in [0.15, 0.2) is 0 Å². The van der Waals surface area contributed by atoms with E-state index in [1.54, 1.807) is 0 Å². The number of carbonyl (C=O) groups excluding carboxylic acids is 1. The molecular weight excluding hydrogens is 322 g/mol. The summed E-state index contributed by atoms with van der Waals surface area (Å²) in [6.07, 6.45) is 1.16. The van der Waals surface area contributed by atoms with Gasteiger partial charge in [0, 0.05) is 25.2 Å². The molecule has 1 atom stereocenters. The van der Waals surface area contributed by atoms with Crippen LogP contribution in [0.3, 0.4) is 0 Å². The lowest BCUT2D eigenvalue weighted by atomic mass is 10.0. The Hall–Kier alpha value is -2.64. The minimum absolute atomic E-state index is 0.105. The summed E-state index contributed by atoms with van der Waals surface area (Å²) in [6, 6.07) is 17.4. The van der Waals surface area contributed by atoms with E-state index in [0.29, 0.717) is 11.5 Å². The van der Waals surface area contributed by atoms with Crippen molar-refractivity contribution >= 4 is 5.91 Å². The Labute approximate surface area is 155 Å². The molecule has 0 aliphatic carbocycles. The van der Waals surface area contributed by atoms with Crippen molar-refractivity contribution in [2.45, 2.75) is 13.3 Å². The lowest BCUT2D eigenvalue weighted by Crippen LogP contribution is -2.36. The number of benzene rings is 2. The maximum atomic E-state index is 12.9. The molecule has 1 aliphatic heterocycles. The third-order valence-electron chi connectivity index (χ3n) is 5.12. The molecule has 0 unspecified atom stereocenters. The lowest BCUT2D eigenvalue weighted by Gasteiger charge is -2.24. The Bertz CT molecular complexity index is 790. The molecule has 26 heavy (non-hydrogen) atoms. The van der Waals surface area contributed by atoms with Gasteiger partial charge in [-0.2, -0.15) is 5.26 Å². The Kier molecular flexibility index (Phi) is 5.70. The van der Waals surface area contributed by atoms with E-state index < -0.39 is 0 Å². The molecule has 0 N–H and O–H groups in total. The molecule has 0 aromatic heterocycles.